The van der Waals surface area contributed by atoms with Crippen molar-refractivity contribution < 1.29 is 20.1 Å². The van der Waals surface area contributed by atoms with Gasteiger partial charge in [0.05, 0.1) is 4.88 Å². The molecule has 4 nitrogen and oxygen atoms in total. The highest BCUT2D eigenvalue weighted by atomic mass is 32.1. The van der Waals surface area contributed by atoms with Crippen molar-refractivity contribution in [1.82, 2.24) is 0 Å². The first-order chi connectivity index (χ1) is 5.05. The number of rotatable bonds is 2. The Morgan fingerprint density at radius 2 is 2.18 bits per heavy atom. The van der Waals surface area contributed by atoms with Gasteiger partial charge < -0.3 is 15.3 Å². The first-order valence-corrected chi connectivity index (χ1v) is 3.65. The van der Waals surface area contributed by atoms with Crippen LogP contribution in [0.3, 0.4) is 0 Å². The van der Waals surface area contributed by atoms with Crippen molar-refractivity contribution in [2.24, 2.45) is 0 Å². The zero-order valence-electron chi connectivity index (χ0n) is 5.39. The SMILES string of the molecule is O=C(O)C(O)(O)c1cccs1. The van der Waals surface area contributed by atoms with Crippen LogP contribution in [-0.4, -0.2) is 21.3 Å². The minimum atomic E-state index is -2.74. The van der Waals surface area contributed by atoms with Crippen LogP contribution in [0.15, 0.2) is 17.5 Å². The molecule has 0 aliphatic carbocycles. The molecule has 0 radical (unpaired) electrons. The summed E-state index contributed by atoms with van der Waals surface area (Å²) in [5.74, 6) is -4.41. The van der Waals surface area contributed by atoms with Gasteiger partial charge in [0, 0.05) is 0 Å². The largest absolute Gasteiger partial charge is 0.477 e. The fourth-order valence-corrected chi connectivity index (χ4v) is 1.29. The highest BCUT2D eigenvalue weighted by molar-refractivity contribution is 7.10. The van der Waals surface area contributed by atoms with Crippen LogP contribution >= 0.6 is 11.3 Å². The third kappa shape index (κ3) is 1.40. The molecule has 0 fully saturated rings. The minimum Gasteiger partial charge on any atom is -0.477 e. The van der Waals surface area contributed by atoms with E-state index in [0.717, 1.165) is 11.3 Å². The highest BCUT2D eigenvalue weighted by Crippen LogP contribution is 2.22. The van der Waals surface area contributed by atoms with Gasteiger partial charge >= 0.3 is 11.8 Å². The maximum Gasteiger partial charge on any atom is 0.370 e. The van der Waals surface area contributed by atoms with Gasteiger partial charge in [-0.15, -0.1) is 11.3 Å². The monoisotopic (exact) mass is 174 g/mol. The fraction of sp³-hybridized carbons (Fsp3) is 0.167. The second-order valence-electron chi connectivity index (χ2n) is 1.95. The van der Waals surface area contributed by atoms with Crippen LogP contribution in [0, 0.1) is 0 Å². The predicted octanol–water partition coefficient (Wildman–Crippen LogP) is -0.0299. The molecule has 3 N–H and O–H groups in total. The van der Waals surface area contributed by atoms with Crippen molar-refractivity contribution in [2.45, 2.75) is 5.79 Å². The van der Waals surface area contributed by atoms with Crippen molar-refractivity contribution in [3.63, 3.8) is 0 Å². The van der Waals surface area contributed by atoms with Crippen LogP contribution < -0.4 is 0 Å². The first-order valence-electron chi connectivity index (χ1n) is 2.77. The maximum atomic E-state index is 10.2. The second-order valence-corrected chi connectivity index (χ2v) is 2.90. The number of thiophene rings is 1. The Morgan fingerprint density at radius 3 is 2.55 bits per heavy atom. The van der Waals surface area contributed by atoms with Gasteiger partial charge in [-0.3, -0.25) is 0 Å². The van der Waals surface area contributed by atoms with Crippen LogP contribution in [0.1, 0.15) is 4.88 Å². The molecule has 1 rings (SSSR count). The molecule has 0 aliphatic heterocycles. The third-order valence-electron chi connectivity index (χ3n) is 1.16. The number of carboxylic acid groups (broad SMARTS) is 1. The Labute approximate surface area is 66.3 Å². The average molecular weight is 174 g/mol. The van der Waals surface area contributed by atoms with Gasteiger partial charge in [0.25, 0.3) is 0 Å². The van der Waals surface area contributed by atoms with E-state index in [4.69, 9.17) is 15.3 Å². The standard InChI is InChI=1S/C6H6O4S/c7-5(8)6(9,10)4-2-1-3-11-4/h1-3,9-10H,(H,7,8). The van der Waals surface area contributed by atoms with E-state index in [-0.39, 0.29) is 4.88 Å². The molecule has 1 aromatic heterocycles. The highest BCUT2D eigenvalue weighted by Gasteiger charge is 2.36. The summed E-state index contributed by atoms with van der Waals surface area (Å²) >= 11 is 0.977. The van der Waals surface area contributed by atoms with Crippen LogP contribution in [-0.2, 0) is 10.6 Å². The Bertz CT molecular complexity index is 252. The number of aliphatic carboxylic acids is 1. The second kappa shape index (κ2) is 2.61. The van der Waals surface area contributed by atoms with Crippen molar-refractivity contribution in [2.75, 3.05) is 0 Å². The number of carboxylic acids is 1. The Balaban J connectivity index is 3.00. The van der Waals surface area contributed by atoms with Crippen LogP contribution in [0.5, 0.6) is 0 Å². The summed E-state index contributed by atoms with van der Waals surface area (Å²) in [7, 11) is 0. The van der Waals surface area contributed by atoms with Crippen LogP contribution in [0.4, 0.5) is 0 Å². The summed E-state index contributed by atoms with van der Waals surface area (Å²) < 4.78 is 0. The lowest BCUT2D eigenvalue weighted by Gasteiger charge is -2.13. The molecular weight excluding hydrogens is 168 g/mol. The van der Waals surface area contributed by atoms with E-state index in [0.29, 0.717) is 0 Å². The van der Waals surface area contributed by atoms with Crippen molar-refractivity contribution in [3.8, 4) is 0 Å². The molecule has 11 heavy (non-hydrogen) atoms. The summed E-state index contributed by atoms with van der Waals surface area (Å²) in [6.45, 7) is 0. The number of hydrogen-bond acceptors (Lipinski definition) is 4. The zero-order chi connectivity index (χ0) is 8.48. The van der Waals surface area contributed by atoms with Crippen molar-refractivity contribution >= 4 is 17.3 Å². The van der Waals surface area contributed by atoms with E-state index >= 15 is 0 Å². The number of hydrogen-bond donors (Lipinski definition) is 3. The molecule has 0 atom stereocenters. The van der Waals surface area contributed by atoms with Crippen LogP contribution in [0.2, 0.25) is 0 Å². The lowest BCUT2D eigenvalue weighted by Crippen LogP contribution is -2.33. The molecule has 1 heterocycles. The molecule has 0 spiro atoms. The summed E-state index contributed by atoms with van der Waals surface area (Å²) in [6.07, 6.45) is 0. The van der Waals surface area contributed by atoms with Gasteiger partial charge in [0.2, 0.25) is 0 Å². The van der Waals surface area contributed by atoms with Crippen molar-refractivity contribution in [3.05, 3.63) is 22.4 Å². The third-order valence-corrected chi connectivity index (χ3v) is 2.13. The Kier molecular flexibility index (Phi) is 1.95. The van der Waals surface area contributed by atoms with Gasteiger partial charge in [-0.1, -0.05) is 6.07 Å². The average Bonchev–Trinajstić information content (AvgIpc) is 2.37. The van der Waals surface area contributed by atoms with E-state index in [2.05, 4.69) is 0 Å². The molecule has 0 aromatic carbocycles. The molecular formula is C6H6O4S. The molecule has 0 aliphatic rings. The first kappa shape index (κ1) is 8.19. The molecule has 0 unspecified atom stereocenters. The smallest absolute Gasteiger partial charge is 0.370 e. The van der Waals surface area contributed by atoms with Gasteiger partial charge in [-0.2, -0.15) is 0 Å². The molecule has 0 saturated heterocycles. The lowest BCUT2D eigenvalue weighted by molar-refractivity contribution is -0.206. The summed E-state index contributed by atoms with van der Waals surface area (Å²) in [5, 5.41) is 27.7. The van der Waals surface area contributed by atoms with Gasteiger partial charge in [-0.25, -0.2) is 4.79 Å². The molecule has 0 saturated carbocycles. The number of aliphatic hydroxyl groups is 2. The number of carbonyl (C=O) groups is 1. The van der Waals surface area contributed by atoms with E-state index in [1.807, 2.05) is 0 Å². The van der Waals surface area contributed by atoms with E-state index in [1.165, 1.54) is 6.07 Å². The van der Waals surface area contributed by atoms with Gasteiger partial charge in [0.1, 0.15) is 0 Å². The van der Waals surface area contributed by atoms with Gasteiger partial charge in [0.15, 0.2) is 0 Å². The lowest BCUT2D eigenvalue weighted by atomic mass is 10.2. The molecule has 1 aromatic rings. The van der Waals surface area contributed by atoms with Crippen molar-refractivity contribution in [1.29, 1.82) is 0 Å². The van der Waals surface area contributed by atoms with E-state index < -0.39 is 11.8 Å². The zero-order valence-corrected chi connectivity index (χ0v) is 6.21. The maximum absolute atomic E-state index is 10.2. The quantitative estimate of drug-likeness (QED) is 0.550. The Morgan fingerprint density at radius 1 is 1.55 bits per heavy atom. The molecule has 0 bridgehead atoms. The summed E-state index contributed by atoms with van der Waals surface area (Å²) in [4.78, 5) is 10.2. The normalized spacial score (nSPS) is 11.5. The summed E-state index contributed by atoms with van der Waals surface area (Å²) in [5.41, 5.74) is 0. The van der Waals surface area contributed by atoms with Gasteiger partial charge in [-0.05, 0) is 11.4 Å². The van der Waals surface area contributed by atoms with E-state index in [9.17, 15) is 4.79 Å². The Hall–Kier alpha value is -0.910. The van der Waals surface area contributed by atoms with E-state index in [1.54, 1.807) is 11.4 Å². The molecule has 60 valence electrons. The predicted molar refractivity (Wildman–Crippen MR) is 38.1 cm³/mol. The van der Waals surface area contributed by atoms with Crippen LogP contribution in [0.25, 0.3) is 0 Å². The minimum absolute atomic E-state index is 0.00463. The molecule has 0 amide bonds. The molecule has 5 heteroatoms. The summed E-state index contributed by atoms with van der Waals surface area (Å²) in [6, 6.07) is 2.89. The topological polar surface area (TPSA) is 77.8 Å². The fourth-order valence-electron chi connectivity index (χ4n) is 0.582.